The van der Waals surface area contributed by atoms with Gasteiger partial charge in [-0.15, -0.1) is 0 Å². The minimum Gasteiger partial charge on any atom is -0.434 e. The highest BCUT2D eigenvalue weighted by Crippen LogP contribution is 2.22. The molecule has 19 heavy (non-hydrogen) atoms. The zero-order valence-corrected chi connectivity index (χ0v) is 11.1. The Morgan fingerprint density at radius 1 is 1.47 bits per heavy atom. The summed E-state index contributed by atoms with van der Waals surface area (Å²) in [5, 5.41) is 2.92. The Bertz CT molecular complexity index is 436. The molecular formula is C13H19F2N3O. The number of aliphatic imine (C=N–C) groups is 1. The SMILES string of the molecule is CCCNC(N)=NCc1cc(C)ccc1OC(F)F. The summed E-state index contributed by atoms with van der Waals surface area (Å²) in [5.41, 5.74) is 7.18. The van der Waals surface area contributed by atoms with Crippen LogP contribution in [-0.4, -0.2) is 19.1 Å². The van der Waals surface area contributed by atoms with Gasteiger partial charge in [-0.1, -0.05) is 24.6 Å². The summed E-state index contributed by atoms with van der Waals surface area (Å²) in [6.07, 6.45) is 0.931. The molecule has 0 atom stereocenters. The molecule has 0 saturated carbocycles. The number of halogens is 2. The number of alkyl halides is 2. The quantitative estimate of drug-likeness (QED) is 0.617. The maximum Gasteiger partial charge on any atom is 0.387 e. The Hall–Kier alpha value is -1.85. The molecule has 0 heterocycles. The van der Waals surface area contributed by atoms with Gasteiger partial charge in [0, 0.05) is 12.1 Å². The molecule has 0 spiro atoms. The smallest absolute Gasteiger partial charge is 0.387 e. The average molecular weight is 271 g/mol. The minimum absolute atomic E-state index is 0.132. The number of nitrogens with two attached hydrogens (primary N) is 1. The van der Waals surface area contributed by atoms with Crippen LogP contribution in [0.15, 0.2) is 23.2 Å². The van der Waals surface area contributed by atoms with Crippen molar-refractivity contribution < 1.29 is 13.5 Å². The molecule has 0 unspecified atom stereocenters. The molecule has 3 N–H and O–H groups in total. The predicted octanol–water partition coefficient (Wildman–Crippen LogP) is 2.41. The number of hydrogen-bond acceptors (Lipinski definition) is 2. The molecule has 0 amide bonds. The van der Waals surface area contributed by atoms with Crippen molar-refractivity contribution in [3.63, 3.8) is 0 Å². The van der Waals surface area contributed by atoms with Gasteiger partial charge in [0.1, 0.15) is 5.75 Å². The molecule has 0 fully saturated rings. The summed E-state index contributed by atoms with van der Waals surface area (Å²) < 4.78 is 29.0. The van der Waals surface area contributed by atoms with E-state index >= 15 is 0 Å². The van der Waals surface area contributed by atoms with Gasteiger partial charge in [-0.3, -0.25) is 0 Å². The van der Waals surface area contributed by atoms with Gasteiger partial charge in [0.2, 0.25) is 0 Å². The normalized spacial score (nSPS) is 11.7. The largest absolute Gasteiger partial charge is 0.434 e. The van der Waals surface area contributed by atoms with E-state index in [2.05, 4.69) is 15.0 Å². The molecule has 1 rings (SSSR count). The topological polar surface area (TPSA) is 59.6 Å². The number of nitrogens with one attached hydrogen (secondary N) is 1. The zero-order valence-electron chi connectivity index (χ0n) is 11.1. The monoisotopic (exact) mass is 271 g/mol. The number of nitrogens with zero attached hydrogens (tertiary/aromatic N) is 1. The Morgan fingerprint density at radius 3 is 2.84 bits per heavy atom. The highest BCUT2D eigenvalue weighted by atomic mass is 19.3. The summed E-state index contributed by atoms with van der Waals surface area (Å²) in [4.78, 5) is 4.10. The predicted molar refractivity (Wildman–Crippen MR) is 71.4 cm³/mol. The van der Waals surface area contributed by atoms with Crippen LogP contribution in [0.1, 0.15) is 24.5 Å². The van der Waals surface area contributed by atoms with Crippen LogP contribution < -0.4 is 15.8 Å². The second-order valence-corrected chi connectivity index (χ2v) is 4.12. The van der Waals surface area contributed by atoms with Crippen LogP contribution in [0.2, 0.25) is 0 Å². The molecule has 0 aliphatic carbocycles. The van der Waals surface area contributed by atoms with Crippen molar-refractivity contribution in [1.29, 1.82) is 0 Å². The van der Waals surface area contributed by atoms with Gasteiger partial charge in [-0.25, -0.2) is 4.99 Å². The van der Waals surface area contributed by atoms with E-state index in [-0.39, 0.29) is 12.3 Å². The van der Waals surface area contributed by atoms with Crippen molar-refractivity contribution in [1.82, 2.24) is 5.32 Å². The lowest BCUT2D eigenvalue weighted by Gasteiger charge is -2.10. The van der Waals surface area contributed by atoms with E-state index in [9.17, 15) is 8.78 Å². The molecule has 0 saturated heterocycles. The second kappa shape index (κ2) is 7.56. The fraction of sp³-hybridized carbons (Fsp3) is 0.462. The Morgan fingerprint density at radius 2 is 2.21 bits per heavy atom. The first-order valence-corrected chi connectivity index (χ1v) is 6.11. The number of guanidine groups is 1. The molecule has 0 aliphatic rings. The first-order valence-electron chi connectivity index (χ1n) is 6.11. The van der Waals surface area contributed by atoms with Crippen LogP contribution in [-0.2, 0) is 6.54 Å². The Kier molecular flexibility index (Phi) is 6.05. The molecule has 1 aromatic carbocycles. The van der Waals surface area contributed by atoms with Gasteiger partial charge in [-0.05, 0) is 19.4 Å². The minimum atomic E-state index is -2.85. The molecule has 0 bridgehead atoms. The van der Waals surface area contributed by atoms with Gasteiger partial charge in [0.05, 0.1) is 6.54 Å². The van der Waals surface area contributed by atoms with E-state index in [1.165, 1.54) is 6.07 Å². The molecule has 0 radical (unpaired) electrons. The van der Waals surface area contributed by atoms with E-state index in [4.69, 9.17) is 5.73 Å². The maximum absolute atomic E-state index is 12.3. The van der Waals surface area contributed by atoms with Gasteiger partial charge >= 0.3 is 6.61 Å². The third-order valence-corrected chi connectivity index (χ3v) is 2.41. The Balaban J connectivity index is 2.77. The lowest BCUT2D eigenvalue weighted by Crippen LogP contribution is -2.32. The van der Waals surface area contributed by atoms with E-state index in [0.717, 1.165) is 18.5 Å². The summed E-state index contributed by atoms with van der Waals surface area (Å²) in [7, 11) is 0. The van der Waals surface area contributed by atoms with Crippen LogP contribution in [0.5, 0.6) is 5.75 Å². The highest BCUT2D eigenvalue weighted by molar-refractivity contribution is 5.77. The van der Waals surface area contributed by atoms with E-state index < -0.39 is 6.61 Å². The van der Waals surface area contributed by atoms with Crippen molar-refractivity contribution in [2.45, 2.75) is 33.4 Å². The molecular weight excluding hydrogens is 252 g/mol. The summed E-state index contributed by atoms with van der Waals surface area (Å²) in [5.74, 6) is 0.430. The molecule has 6 heteroatoms. The molecule has 0 aliphatic heterocycles. The fourth-order valence-corrected chi connectivity index (χ4v) is 1.52. The van der Waals surface area contributed by atoms with Crippen LogP contribution in [0, 0.1) is 6.92 Å². The van der Waals surface area contributed by atoms with Gasteiger partial charge < -0.3 is 15.8 Å². The van der Waals surface area contributed by atoms with E-state index in [1.807, 2.05) is 13.8 Å². The van der Waals surface area contributed by atoms with Crippen molar-refractivity contribution >= 4 is 5.96 Å². The van der Waals surface area contributed by atoms with Crippen molar-refractivity contribution in [2.24, 2.45) is 10.7 Å². The number of hydrogen-bond donors (Lipinski definition) is 2. The Labute approximate surface area is 111 Å². The van der Waals surface area contributed by atoms with Crippen molar-refractivity contribution in [3.8, 4) is 5.75 Å². The number of benzene rings is 1. The molecule has 4 nitrogen and oxygen atoms in total. The molecule has 0 aromatic heterocycles. The zero-order chi connectivity index (χ0) is 14.3. The summed E-state index contributed by atoms with van der Waals surface area (Å²) >= 11 is 0. The van der Waals surface area contributed by atoms with Gasteiger partial charge in [0.15, 0.2) is 5.96 Å². The number of rotatable bonds is 6. The van der Waals surface area contributed by atoms with Gasteiger partial charge in [-0.2, -0.15) is 8.78 Å². The van der Waals surface area contributed by atoms with Gasteiger partial charge in [0.25, 0.3) is 0 Å². The average Bonchev–Trinajstić information content (AvgIpc) is 2.36. The standard InChI is InChI=1S/C13H19F2N3O/c1-3-6-17-13(16)18-8-10-7-9(2)4-5-11(10)19-12(14)15/h4-5,7,12H,3,6,8H2,1-2H3,(H3,16,17,18). The van der Waals surface area contributed by atoms with Crippen molar-refractivity contribution in [3.05, 3.63) is 29.3 Å². The van der Waals surface area contributed by atoms with Crippen molar-refractivity contribution in [2.75, 3.05) is 6.54 Å². The summed E-state index contributed by atoms with van der Waals surface area (Å²) in [6.45, 7) is 1.96. The fourth-order valence-electron chi connectivity index (χ4n) is 1.52. The first-order chi connectivity index (χ1) is 9.02. The van der Waals surface area contributed by atoms with E-state index in [1.54, 1.807) is 12.1 Å². The highest BCUT2D eigenvalue weighted by Gasteiger charge is 2.09. The number of ether oxygens (including phenoxy) is 1. The van der Waals surface area contributed by atoms with Crippen LogP contribution in [0.4, 0.5) is 8.78 Å². The summed E-state index contributed by atoms with van der Waals surface area (Å²) in [6, 6.07) is 4.99. The van der Waals surface area contributed by atoms with Crippen LogP contribution in [0.25, 0.3) is 0 Å². The third-order valence-electron chi connectivity index (χ3n) is 2.41. The first kappa shape index (κ1) is 15.2. The molecule has 1 aromatic rings. The van der Waals surface area contributed by atoms with Crippen LogP contribution in [0.3, 0.4) is 0 Å². The number of aryl methyl sites for hydroxylation is 1. The lowest BCUT2D eigenvalue weighted by molar-refractivity contribution is -0.0504. The third kappa shape index (κ3) is 5.54. The lowest BCUT2D eigenvalue weighted by atomic mass is 10.1. The second-order valence-electron chi connectivity index (χ2n) is 4.12. The molecule has 106 valence electrons. The van der Waals surface area contributed by atoms with Crippen LogP contribution >= 0.6 is 0 Å². The maximum atomic E-state index is 12.3. The van der Waals surface area contributed by atoms with E-state index in [0.29, 0.717) is 11.5 Å².